The lowest BCUT2D eigenvalue weighted by atomic mass is 9.93. The minimum atomic E-state index is -0.805. The molecule has 1 aromatic heterocycles. The summed E-state index contributed by atoms with van der Waals surface area (Å²) in [6.07, 6.45) is 4.04. The number of carbonyl (C=O) groups is 1. The first-order valence-corrected chi connectivity index (χ1v) is 13.2. The standard InChI is InChI=1S/C29H36FN5O4/c1-5-31-16-21(36)17-39-25-9-7-6-8-22(25)29(3,4)34-26-28(38)35(13-12-32-26)24-15-19(14-23(30)18(24)2)27(37)33-20-10-11-20/h6-9,12-15,20-21,31,36H,5,10-11,16-17H2,1-4H3,(H,32,34)(H,33,37)/t21-/m0/s1. The molecule has 2 aromatic carbocycles. The fraction of sp³-hybridized carbons (Fsp3) is 0.414. The number of aromatic nitrogens is 2. The number of para-hydroxylation sites is 1. The van der Waals surface area contributed by atoms with Crippen molar-refractivity contribution in [2.75, 3.05) is 25.0 Å². The van der Waals surface area contributed by atoms with Crippen LogP contribution in [-0.4, -0.2) is 52.4 Å². The number of rotatable bonds is 12. The predicted octanol–water partition coefficient (Wildman–Crippen LogP) is 3.27. The lowest BCUT2D eigenvalue weighted by Gasteiger charge is -2.29. The zero-order chi connectivity index (χ0) is 28.2. The molecule has 1 amide bonds. The summed E-state index contributed by atoms with van der Waals surface area (Å²) >= 11 is 0. The van der Waals surface area contributed by atoms with E-state index in [1.807, 2.05) is 39.0 Å². The number of carbonyl (C=O) groups excluding carboxylic acids is 1. The van der Waals surface area contributed by atoms with Gasteiger partial charge >= 0.3 is 0 Å². The van der Waals surface area contributed by atoms with Gasteiger partial charge in [0.25, 0.3) is 11.5 Å². The van der Waals surface area contributed by atoms with Crippen molar-refractivity contribution in [3.8, 4) is 11.4 Å². The van der Waals surface area contributed by atoms with Gasteiger partial charge in [0.15, 0.2) is 5.82 Å². The van der Waals surface area contributed by atoms with Gasteiger partial charge in [0, 0.05) is 41.7 Å². The first kappa shape index (κ1) is 28.3. The molecule has 1 atom stereocenters. The van der Waals surface area contributed by atoms with E-state index in [1.165, 1.54) is 29.1 Å². The number of aliphatic hydroxyl groups is 1. The van der Waals surface area contributed by atoms with Gasteiger partial charge in [-0.25, -0.2) is 9.37 Å². The molecule has 208 valence electrons. The van der Waals surface area contributed by atoms with Crippen molar-refractivity contribution in [2.45, 2.75) is 58.2 Å². The van der Waals surface area contributed by atoms with E-state index in [-0.39, 0.29) is 41.2 Å². The number of nitrogens with one attached hydrogen (secondary N) is 3. The monoisotopic (exact) mass is 537 g/mol. The third-order valence-corrected chi connectivity index (χ3v) is 6.64. The van der Waals surface area contributed by atoms with Gasteiger partial charge in [-0.15, -0.1) is 0 Å². The predicted molar refractivity (Wildman–Crippen MR) is 148 cm³/mol. The Morgan fingerprint density at radius 1 is 1.28 bits per heavy atom. The van der Waals surface area contributed by atoms with Crippen LogP contribution >= 0.6 is 0 Å². The van der Waals surface area contributed by atoms with Crippen molar-refractivity contribution >= 4 is 11.7 Å². The fourth-order valence-corrected chi connectivity index (χ4v) is 4.26. The van der Waals surface area contributed by atoms with Gasteiger partial charge in [-0.3, -0.25) is 14.2 Å². The minimum absolute atomic E-state index is 0.0529. The van der Waals surface area contributed by atoms with Crippen LogP contribution in [0.4, 0.5) is 10.2 Å². The number of benzene rings is 2. The highest BCUT2D eigenvalue weighted by Crippen LogP contribution is 2.32. The molecule has 1 saturated carbocycles. The third-order valence-electron chi connectivity index (χ3n) is 6.64. The van der Waals surface area contributed by atoms with E-state index in [1.54, 1.807) is 13.0 Å². The molecule has 1 aliphatic rings. The highest BCUT2D eigenvalue weighted by atomic mass is 19.1. The van der Waals surface area contributed by atoms with E-state index in [9.17, 15) is 19.1 Å². The van der Waals surface area contributed by atoms with Crippen molar-refractivity contribution in [3.63, 3.8) is 0 Å². The van der Waals surface area contributed by atoms with Crippen molar-refractivity contribution in [2.24, 2.45) is 0 Å². The maximum atomic E-state index is 14.8. The Balaban J connectivity index is 1.61. The van der Waals surface area contributed by atoms with Crippen LogP contribution in [0.3, 0.4) is 0 Å². The Morgan fingerprint density at radius 2 is 2.03 bits per heavy atom. The van der Waals surface area contributed by atoms with Crippen LogP contribution < -0.4 is 26.2 Å². The number of likely N-dealkylation sites (N-methyl/N-ethyl adjacent to an activating group) is 1. The zero-order valence-corrected chi connectivity index (χ0v) is 22.8. The summed E-state index contributed by atoms with van der Waals surface area (Å²) in [6, 6.07) is 10.2. The average molecular weight is 538 g/mol. The molecule has 10 heteroatoms. The normalized spacial score (nSPS) is 14.1. The van der Waals surface area contributed by atoms with Gasteiger partial charge in [0.2, 0.25) is 0 Å². The second-order valence-electron chi connectivity index (χ2n) is 10.3. The molecule has 1 aliphatic carbocycles. The number of anilines is 1. The van der Waals surface area contributed by atoms with E-state index < -0.39 is 23.0 Å². The Bertz CT molecular complexity index is 1390. The van der Waals surface area contributed by atoms with E-state index >= 15 is 0 Å². The van der Waals surface area contributed by atoms with Crippen LogP contribution in [0.25, 0.3) is 5.69 Å². The summed E-state index contributed by atoms with van der Waals surface area (Å²) in [5.41, 5.74) is 0.126. The Morgan fingerprint density at radius 3 is 2.74 bits per heavy atom. The van der Waals surface area contributed by atoms with Crippen LogP contribution in [0.2, 0.25) is 0 Å². The molecule has 0 radical (unpaired) electrons. The number of aliphatic hydroxyl groups excluding tert-OH is 1. The molecular formula is C29H36FN5O4. The third kappa shape index (κ3) is 6.82. The summed E-state index contributed by atoms with van der Waals surface area (Å²) in [5.74, 6) is -0.327. The first-order chi connectivity index (χ1) is 18.6. The van der Waals surface area contributed by atoms with Gasteiger partial charge in [-0.05, 0) is 58.4 Å². The van der Waals surface area contributed by atoms with Crippen LogP contribution in [0.5, 0.6) is 5.75 Å². The summed E-state index contributed by atoms with van der Waals surface area (Å²) in [7, 11) is 0. The first-order valence-electron chi connectivity index (χ1n) is 13.2. The average Bonchev–Trinajstić information content (AvgIpc) is 3.73. The van der Waals surface area contributed by atoms with Crippen LogP contribution in [0.1, 0.15) is 55.1 Å². The van der Waals surface area contributed by atoms with Crippen molar-refractivity contribution in [1.29, 1.82) is 0 Å². The molecule has 0 bridgehead atoms. The van der Waals surface area contributed by atoms with E-state index in [0.29, 0.717) is 12.3 Å². The minimum Gasteiger partial charge on any atom is -0.490 e. The summed E-state index contributed by atoms with van der Waals surface area (Å²) < 4.78 is 22.1. The number of hydrogen-bond acceptors (Lipinski definition) is 7. The maximum Gasteiger partial charge on any atom is 0.297 e. The van der Waals surface area contributed by atoms with E-state index in [0.717, 1.165) is 24.9 Å². The number of hydrogen-bond donors (Lipinski definition) is 4. The molecule has 1 fully saturated rings. The van der Waals surface area contributed by atoms with Crippen molar-refractivity contribution in [1.82, 2.24) is 20.2 Å². The van der Waals surface area contributed by atoms with Crippen LogP contribution in [0, 0.1) is 12.7 Å². The molecule has 0 saturated heterocycles. The number of ether oxygens (including phenoxy) is 1. The van der Waals surface area contributed by atoms with Crippen molar-refractivity contribution in [3.05, 3.63) is 81.7 Å². The Hall–Kier alpha value is -3.76. The Labute approximate surface area is 227 Å². The molecule has 1 heterocycles. The van der Waals surface area contributed by atoms with Gasteiger partial charge < -0.3 is 25.8 Å². The number of halogens is 1. The second-order valence-corrected chi connectivity index (χ2v) is 10.3. The van der Waals surface area contributed by atoms with Gasteiger partial charge in [0.1, 0.15) is 24.3 Å². The van der Waals surface area contributed by atoms with Crippen LogP contribution in [-0.2, 0) is 5.54 Å². The highest BCUT2D eigenvalue weighted by Gasteiger charge is 2.28. The molecule has 9 nitrogen and oxygen atoms in total. The topological polar surface area (TPSA) is 118 Å². The smallest absolute Gasteiger partial charge is 0.297 e. The number of nitrogens with zero attached hydrogens (tertiary/aromatic N) is 2. The lowest BCUT2D eigenvalue weighted by Crippen LogP contribution is -2.35. The molecule has 4 N–H and O–H groups in total. The zero-order valence-electron chi connectivity index (χ0n) is 22.8. The van der Waals surface area contributed by atoms with Crippen molar-refractivity contribution < 1.29 is 19.0 Å². The van der Waals surface area contributed by atoms with Gasteiger partial charge in [-0.1, -0.05) is 25.1 Å². The van der Waals surface area contributed by atoms with Gasteiger partial charge in [-0.2, -0.15) is 0 Å². The fourth-order valence-electron chi connectivity index (χ4n) is 4.26. The molecule has 39 heavy (non-hydrogen) atoms. The lowest BCUT2D eigenvalue weighted by molar-refractivity contribution is 0.0950. The summed E-state index contributed by atoms with van der Waals surface area (Å²) in [6.45, 7) is 8.56. The quantitative estimate of drug-likeness (QED) is 0.280. The summed E-state index contributed by atoms with van der Waals surface area (Å²) in [5, 5.41) is 19.3. The largest absolute Gasteiger partial charge is 0.490 e. The molecule has 0 aliphatic heterocycles. The van der Waals surface area contributed by atoms with E-state index in [2.05, 4.69) is 20.9 Å². The van der Waals surface area contributed by atoms with Crippen LogP contribution in [0.15, 0.2) is 53.6 Å². The highest BCUT2D eigenvalue weighted by molar-refractivity contribution is 5.95. The molecule has 0 unspecified atom stereocenters. The molecular weight excluding hydrogens is 501 g/mol. The maximum absolute atomic E-state index is 14.8. The van der Waals surface area contributed by atoms with E-state index in [4.69, 9.17) is 4.74 Å². The molecule has 4 rings (SSSR count). The molecule has 0 spiro atoms. The second kappa shape index (κ2) is 12.0. The summed E-state index contributed by atoms with van der Waals surface area (Å²) in [4.78, 5) is 30.4. The SMILES string of the molecule is CCNC[C@H](O)COc1ccccc1C(C)(C)Nc1nccn(-c2cc(C(=O)NC3CC3)cc(F)c2C)c1=O. The Kier molecular flexibility index (Phi) is 8.66. The molecule has 3 aromatic rings. The van der Waals surface area contributed by atoms with Gasteiger partial charge in [0.05, 0.1) is 11.2 Å². The number of amides is 1.